The third kappa shape index (κ3) is 2.36. The first-order chi connectivity index (χ1) is 7.29. The normalized spacial score (nSPS) is 10.8. The number of nitrogens with zero attached hydrogens (tertiary/aromatic N) is 5. The minimum absolute atomic E-state index is 0.408. The lowest BCUT2D eigenvalue weighted by atomic mass is 10.3. The van der Waals surface area contributed by atoms with Crippen LogP contribution in [0.5, 0.6) is 0 Å². The Morgan fingerprint density at radius 2 is 2.33 bits per heavy atom. The summed E-state index contributed by atoms with van der Waals surface area (Å²) in [5.74, 6) is 0.408. The van der Waals surface area contributed by atoms with E-state index < -0.39 is 0 Å². The summed E-state index contributed by atoms with van der Waals surface area (Å²) in [5.41, 5.74) is 1.99. The van der Waals surface area contributed by atoms with E-state index in [2.05, 4.69) is 15.4 Å². The predicted octanol–water partition coefficient (Wildman–Crippen LogP) is 0.993. The van der Waals surface area contributed by atoms with Gasteiger partial charge in [0.05, 0.1) is 11.6 Å². The van der Waals surface area contributed by atoms with Crippen molar-refractivity contribution in [2.24, 2.45) is 7.05 Å². The molecule has 0 saturated heterocycles. The summed E-state index contributed by atoms with van der Waals surface area (Å²) < 4.78 is 3.66. The topological polar surface area (TPSA) is 48.5 Å². The second-order valence-electron chi connectivity index (χ2n) is 3.30. The highest BCUT2D eigenvalue weighted by atomic mass is 35.5. The van der Waals surface area contributed by atoms with Gasteiger partial charge in [-0.3, -0.25) is 9.36 Å². The van der Waals surface area contributed by atoms with Crippen LogP contribution < -0.4 is 0 Å². The molecule has 0 fully saturated rings. The molecule has 0 aromatic carbocycles. The number of halogens is 1. The SMILES string of the molecule is Cn1nccc1CCn1cc(CCl)nn1. The Kier molecular flexibility index (Phi) is 3.01. The largest absolute Gasteiger partial charge is 0.273 e. The van der Waals surface area contributed by atoms with Gasteiger partial charge >= 0.3 is 0 Å². The van der Waals surface area contributed by atoms with Crippen LogP contribution in [0.1, 0.15) is 11.4 Å². The molecule has 0 radical (unpaired) electrons. The number of hydrogen-bond acceptors (Lipinski definition) is 3. The fourth-order valence-electron chi connectivity index (χ4n) is 1.38. The zero-order valence-electron chi connectivity index (χ0n) is 8.47. The van der Waals surface area contributed by atoms with E-state index in [1.165, 1.54) is 5.69 Å². The summed E-state index contributed by atoms with van der Waals surface area (Å²) in [6, 6.07) is 2.00. The maximum atomic E-state index is 5.64. The summed E-state index contributed by atoms with van der Waals surface area (Å²) >= 11 is 5.64. The number of alkyl halides is 1. The Balaban J connectivity index is 1.96. The molecule has 0 aliphatic heterocycles. The Morgan fingerprint density at radius 1 is 1.47 bits per heavy atom. The van der Waals surface area contributed by atoms with Crippen molar-refractivity contribution in [3.05, 3.63) is 29.8 Å². The molecule has 5 nitrogen and oxygen atoms in total. The first-order valence-electron chi connectivity index (χ1n) is 4.71. The monoisotopic (exact) mass is 225 g/mol. The molecule has 2 heterocycles. The van der Waals surface area contributed by atoms with Crippen LogP contribution in [0.2, 0.25) is 0 Å². The Hall–Kier alpha value is -1.36. The molecule has 6 heteroatoms. The molecule has 0 spiro atoms. The molecule has 0 unspecified atom stereocenters. The van der Waals surface area contributed by atoms with E-state index in [4.69, 9.17) is 11.6 Å². The molecule has 0 aliphatic rings. The summed E-state index contributed by atoms with van der Waals surface area (Å²) in [4.78, 5) is 0. The zero-order chi connectivity index (χ0) is 10.7. The summed E-state index contributed by atoms with van der Waals surface area (Å²) in [5, 5.41) is 12.0. The molecule has 0 atom stereocenters. The van der Waals surface area contributed by atoms with Crippen LogP contribution in [0, 0.1) is 0 Å². The molecule has 0 bridgehead atoms. The fraction of sp³-hybridized carbons (Fsp3) is 0.444. The van der Waals surface area contributed by atoms with Gasteiger partial charge in [0.15, 0.2) is 0 Å². The molecule has 2 aromatic heterocycles. The second-order valence-corrected chi connectivity index (χ2v) is 3.57. The van der Waals surface area contributed by atoms with Crippen LogP contribution >= 0.6 is 11.6 Å². The number of hydrogen-bond donors (Lipinski definition) is 0. The average molecular weight is 226 g/mol. The van der Waals surface area contributed by atoms with Crippen molar-refractivity contribution in [2.75, 3.05) is 0 Å². The standard InChI is InChI=1S/C9H12ClN5/c1-14-9(2-4-11-14)3-5-15-7-8(6-10)12-13-15/h2,4,7H,3,5-6H2,1H3. The van der Waals surface area contributed by atoms with Gasteiger partial charge in [-0.2, -0.15) is 5.10 Å². The lowest BCUT2D eigenvalue weighted by Crippen LogP contribution is -2.05. The van der Waals surface area contributed by atoms with Crippen LogP contribution in [0.3, 0.4) is 0 Å². The van der Waals surface area contributed by atoms with Gasteiger partial charge in [0.2, 0.25) is 0 Å². The van der Waals surface area contributed by atoms with Crippen molar-refractivity contribution in [2.45, 2.75) is 18.8 Å². The van der Waals surface area contributed by atoms with E-state index in [0.717, 1.165) is 18.7 Å². The molecule has 0 amide bonds. The van der Waals surface area contributed by atoms with Crippen molar-refractivity contribution in [1.29, 1.82) is 0 Å². The van der Waals surface area contributed by atoms with Crippen LogP contribution in [0.15, 0.2) is 18.5 Å². The van der Waals surface area contributed by atoms with Gasteiger partial charge < -0.3 is 0 Å². The maximum Gasteiger partial charge on any atom is 0.0974 e. The summed E-state index contributed by atoms with van der Waals surface area (Å²) in [6.45, 7) is 0.795. The van der Waals surface area contributed by atoms with Crippen molar-refractivity contribution in [3.63, 3.8) is 0 Å². The maximum absolute atomic E-state index is 5.64. The molecular weight excluding hydrogens is 214 g/mol. The number of aryl methyl sites for hydroxylation is 3. The summed E-state index contributed by atoms with van der Waals surface area (Å²) in [6.07, 6.45) is 4.55. The Bertz CT molecular complexity index is 433. The van der Waals surface area contributed by atoms with Crippen molar-refractivity contribution in [1.82, 2.24) is 24.8 Å². The van der Waals surface area contributed by atoms with Crippen molar-refractivity contribution < 1.29 is 0 Å². The van der Waals surface area contributed by atoms with E-state index in [-0.39, 0.29) is 0 Å². The molecule has 80 valence electrons. The average Bonchev–Trinajstić information content (AvgIpc) is 2.84. The lowest BCUT2D eigenvalue weighted by molar-refractivity contribution is 0.567. The van der Waals surface area contributed by atoms with Crippen LogP contribution in [-0.4, -0.2) is 24.8 Å². The van der Waals surface area contributed by atoms with E-state index in [0.29, 0.717) is 5.88 Å². The third-order valence-corrected chi connectivity index (χ3v) is 2.52. The zero-order valence-corrected chi connectivity index (χ0v) is 9.22. The molecule has 2 aromatic rings. The minimum atomic E-state index is 0.408. The van der Waals surface area contributed by atoms with Crippen LogP contribution in [-0.2, 0) is 25.9 Å². The highest BCUT2D eigenvalue weighted by Crippen LogP contribution is 2.01. The third-order valence-electron chi connectivity index (χ3n) is 2.24. The first-order valence-corrected chi connectivity index (χ1v) is 5.25. The van der Waals surface area contributed by atoms with Gasteiger partial charge in [-0.05, 0) is 6.07 Å². The van der Waals surface area contributed by atoms with Crippen molar-refractivity contribution in [3.8, 4) is 0 Å². The van der Waals surface area contributed by atoms with E-state index in [1.807, 2.05) is 24.0 Å². The molecule has 15 heavy (non-hydrogen) atoms. The van der Waals surface area contributed by atoms with Gasteiger partial charge in [-0.1, -0.05) is 5.21 Å². The number of rotatable bonds is 4. The highest BCUT2D eigenvalue weighted by Gasteiger charge is 2.01. The highest BCUT2D eigenvalue weighted by molar-refractivity contribution is 6.16. The second kappa shape index (κ2) is 4.44. The lowest BCUT2D eigenvalue weighted by Gasteiger charge is -2.01. The van der Waals surface area contributed by atoms with Crippen LogP contribution in [0.25, 0.3) is 0 Å². The van der Waals surface area contributed by atoms with Gasteiger partial charge in [0, 0.05) is 38.1 Å². The number of aromatic nitrogens is 5. The van der Waals surface area contributed by atoms with Gasteiger partial charge in [0.25, 0.3) is 0 Å². The summed E-state index contributed by atoms with van der Waals surface area (Å²) in [7, 11) is 1.93. The first kappa shape index (κ1) is 10.2. The Labute approximate surface area is 92.7 Å². The fourth-order valence-corrected chi connectivity index (χ4v) is 1.51. The molecule has 2 rings (SSSR count). The predicted molar refractivity (Wildman–Crippen MR) is 56.5 cm³/mol. The van der Waals surface area contributed by atoms with E-state index in [9.17, 15) is 0 Å². The van der Waals surface area contributed by atoms with Crippen molar-refractivity contribution >= 4 is 11.6 Å². The molecule has 0 N–H and O–H groups in total. The Morgan fingerprint density at radius 3 is 2.93 bits per heavy atom. The smallest absolute Gasteiger partial charge is 0.0974 e. The van der Waals surface area contributed by atoms with E-state index in [1.54, 1.807) is 10.9 Å². The van der Waals surface area contributed by atoms with Gasteiger partial charge in [-0.25, -0.2) is 0 Å². The molecule has 0 aliphatic carbocycles. The van der Waals surface area contributed by atoms with Crippen LogP contribution in [0.4, 0.5) is 0 Å². The minimum Gasteiger partial charge on any atom is -0.273 e. The quantitative estimate of drug-likeness (QED) is 0.730. The molecular formula is C9H12ClN5. The van der Waals surface area contributed by atoms with E-state index >= 15 is 0 Å². The van der Waals surface area contributed by atoms with Gasteiger partial charge in [0.1, 0.15) is 0 Å². The van der Waals surface area contributed by atoms with Gasteiger partial charge in [-0.15, -0.1) is 16.7 Å². The molecule has 0 saturated carbocycles.